The van der Waals surface area contributed by atoms with Crippen molar-refractivity contribution in [2.75, 3.05) is 19.8 Å². The van der Waals surface area contributed by atoms with E-state index in [4.69, 9.17) is 9.84 Å². The number of aliphatic hydroxyl groups is 1. The molecule has 2 N–H and O–H groups in total. The molecule has 3 atom stereocenters. The highest BCUT2D eigenvalue weighted by molar-refractivity contribution is 4.74. The van der Waals surface area contributed by atoms with Gasteiger partial charge in [-0.1, -0.05) is 33.1 Å². The second-order valence-electron chi connectivity index (χ2n) is 4.83. The quantitative estimate of drug-likeness (QED) is 0.701. The van der Waals surface area contributed by atoms with Crippen molar-refractivity contribution in [3.63, 3.8) is 0 Å². The van der Waals surface area contributed by atoms with Gasteiger partial charge in [-0.25, -0.2) is 0 Å². The summed E-state index contributed by atoms with van der Waals surface area (Å²) in [4.78, 5) is 0. The summed E-state index contributed by atoms with van der Waals surface area (Å²) in [5, 5.41) is 12.4. The van der Waals surface area contributed by atoms with E-state index in [0.717, 1.165) is 12.5 Å². The molecule has 1 aliphatic rings. The predicted octanol–water partition coefficient (Wildman–Crippen LogP) is 1.94. The molecule has 0 bridgehead atoms. The molecule has 3 nitrogen and oxygen atoms in total. The second-order valence-corrected chi connectivity index (χ2v) is 4.83. The third-order valence-corrected chi connectivity index (χ3v) is 3.56. The van der Waals surface area contributed by atoms with Gasteiger partial charge in [0.1, 0.15) is 0 Å². The lowest BCUT2D eigenvalue weighted by Crippen LogP contribution is -2.38. The molecular weight excluding hydrogens is 202 g/mol. The summed E-state index contributed by atoms with van der Waals surface area (Å²) in [5.74, 6) is 0.852. The summed E-state index contributed by atoms with van der Waals surface area (Å²) in [6.45, 7) is 6.01. The van der Waals surface area contributed by atoms with Crippen LogP contribution in [-0.4, -0.2) is 37.0 Å². The SMILES string of the molecule is CCNC(CO)COC1CCCC(CC)C1. The summed E-state index contributed by atoms with van der Waals surface area (Å²) < 4.78 is 5.90. The first-order valence-electron chi connectivity index (χ1n) is 6.75. The minimum absolute atomic E-state index is 0.104. The van der Waals surface area contributed by atoms with Crippen LogP contribution in [0.2, 0.25) is 0 Å². The summed E-state index contributed by atoms with van der Waals surface area (Å²) in [6.07, 6.45) is 6.77. The standard InChI is InChI=1S/C13H27NO2/c1-3-11-6-5-7-13(8-11)16-10-12(9-15)14-4-2/h11-15H,3-10H2,1-2H3. The van der Waals surface area contributed by atoms with Crippen LogP contribution < -0.4 is 5.32 Å². The van der Waals surface area contributed by atoms with Gasteiger partial charge in [-0.2, -0.15) is 0 Å². The Labute approximate surface area is 99.6 Å². The first-order valence-corrected chi connectivity index (χ1v) is 6.75. The number of likely N-dealkylation sites (N-methyl/N-ethyl adjacent to an activating group) is 1. The van der Waals surface area contributed by atoms with Crippen molar-refractivity contribution in [2.45, 2.75) is 58.1 Å². The minimum Gasteiger partial charge on any atom is -0.395 e. The Morgan fingerprint density at radius 1 is 1.38 bits per heavy atom. The Morgan fingerprint density at radius 2 is 2.19 bits per heavy atom. The molecule has 0 spiro atoms. The molecule has 0 aromatic rings. The zero-order chi connectivity index (χ0) is 11.8. The molecular formula is C13H27NO2. The largest absolute Gasteiger partial charge is 0.395 e. The van der Waals surface area contributed by atoms with Crippen molar-refractivity contribution < 1.29 is 9.84 Å². The topological polar surface area (TPSA) is 41.5 Å². The minimum atomic E-state index is 0.104. The number of hydrogen-bond acceptors (Lipinski definition) is 3. The molecule has 0 aromatic heterocycles. The van der Waals surface area contributed by atoms with Gasteiger partial charge in [0.15, 0.2) is 0 Å². The highest BCUT2D eigenvalue weighted by Crippen LogP contribution is 2.28. The van der Waals surface area contributed by atoms with Crippen molar-refractivity contribution in [3.8, 4) is 0 Å². The molecule has 0 amide bonds. The van der Waals surface area contributed by atoms with Crippen LogP contribution in [0.3, 0.4) is 0 Å². The van der Waals surface area contributed by atoms with E-state index in [1.807, 2.05) is 0 Å². The van der Waals surface area contributed by atoms with Gasteiger partial charge in [-0.05, 0) is 25.3 Å². The number of aliphatic hydroxyl groups excluding tert-OH is 1. The molecule has 16 heavy (non-hydrogen) atoms. The van der Waals surface area contributed by atoms with Gasteiger partial charge in [-0.3, -0.25) is 0 Å². The molecule has 1 rings (SSSR count). The molecule has 0 aromatic carbocycles. The third-order valence-electron chi connectivity index (χ3n) is 3.56. The van der Waals surface area contributed by atoms with Gasteiger partial charge in [0.25, 0.3) is 0 Å². The Morgan fingerprint density at radius 3 is 2.81 bits per heavy atom. The molecule has 1 saturated carbocycles. The molecule has 0 saturated heterocycles. The van der Waals surface area contributed by atoms with Crippen LogP contribution in [0.25, 0.3) is 0 Å². The lowest BCUT2D eigenvalue weighted by atomic mass is 9.85. The lowest BCUT2D eigenvalue weighted by molar-refractivity contribution is -0.00533. The van der Waals surface area contributed by atoms with E-state index in [1.54, 1.807) is 0 Å². The predicted molar refractivity (Wildman–Crippen MR) is 66.5 cm³/mol. The average molecular weight is 229 g/mol. The average Bonchev–Trinajstić information content (AvgIpc) is 2.34. The molecule has 96 valence electrons. The zero-order valence-electron chi connectivity index (χ0n) is 10.7. The van der Waals surface area contributed by atoms with Crippen LogP contribution >= 0.6 is 0 Å². The van der Waals surface area contributed by atoms with Crippen molar-refractivity contribution in [3.05, 3.63) is 0 Å². The van der Waals surface area contributed by atoms with Crippen molar-refractivity contribution >= 4 is 0 Å². The van der Waals surface area contributed by atoms with Crippen LogP contribution in [0.4, 0.5) is 0 Å². The summed E-state index contributed by atoms with van der Waals surface area (Å²) in [7, 11) is 0. The maximum atomic E-state index is 9.14. The monoisotopic (exact) mass is 229 g/mol. The fraction of sp³-hybridized carbons (Fsp3) is 1.00. The van der Waals surface area contributed by atoms with E-state index in [2.05, 4.69) is 19.2 Å². The molecule has 3 unspecified atom stereocenters. The molecule has 0 heterocycles. The summed E-state index contributed by atoms with van der Waals surface area (Å²) >= 11 is 0. The first kappa shape index (κ1) is 13.9. The van der Waals surface area contributed by atoms with E-state index >= 15 is 0 Å². The van der Waals surface area contributed by atoms with Crippen LogP contribution in [0.5, 0.6) is 0 Å². The Bertz CT molecular complexity index is 175. The highest BCUT2D eigenvalue weighted by atomic mass is 16.5. The summed E-state index contributed by atoms with van der Waals surface area (Å²) in [6, 6.07) is 0.104. The van der Waals surface area contributed by atoms with Gasteiger partial charge in [0.2, 0.25) is 0 Å². The Balaban J connectivity index is 2.20. The van der Waals surface area contributed by atoms with E-state index in [9.17, 15) is 0 Å². The second kappa shape index (κ2) is 8.04. The first-order chi connectivity index (χ1) is 7.80. The van der Waals surface area contributed by atoms with E-state index in [-0.39, 0.29) is 12.6 Å². The normalized spacial score (nSPS) is 27.9. The van der Waals surface area contributed by atoms with Crippen LogP contribution in [0.15, 0.2) is 0 Å². The van der Waals surface area contributed by atoms with Crippen LogP contribution in [0, 0.1) is 5.92 Å². The van der Waals surface area contributed by atoms with Gasteiger partial charge in [0, 0.05) is 0 Å². The van der Waals surface area contributed by atoms with Gasteiger partial charge < -0.3 is 15.2 Å². The van der Waals surface area contributed by atoms with E-state index in [1.165, 1.54) is 32.1 Å². The van der Waals surface area contributed by atoms with Crippen LogP contribution in [0.1, 0.15) is 46.0 Å². The van der Waals surface area contributed by atoms with Crippen LogP contribution in [-0.2, 0) is 4.74 Å². The maximum absolute atomic E-state index is 9.14. The van der Waals surface area contributed by atoms with Crippen molar-refractivity contribution in [1.82, 2.24) is 5.32 Å². The zero-order valence-corrected chi connectivity index (χ0v) is 10.7. The van der Waals surface area contributed by atoms with Crippen molar-refractivity contribution in [1.29, 1.82) is 0 Å². The van der Waals surface area contributed by atoms with Crippen molar-refractivity contribution in [2.24, 2.45) is 5.92 Å². The fourth-order valence-electron chi connectivity index (χ4n) is 2.48. The fourth-order valence-corrected chi connectivity index (χ4v) is 2.48. The number of nitrogens with one attached hydrogen (secondary N) is 1. The third kappa shape index (κ3) is 4.81. The van der Waals surface area contributed by atoms with Gasteiger partial charge >= 0.3 is 0 Å². The van der Waals surface area contributed by atoms with Gasteiger partial charge in [-0.15, -0.1) is 0 Å². The number of ether oxygens (including phenoxy) is 1. The summed E-state index contributed by atoms with van der Waals surface area (Å²) in [5.41, 5.74) is 0. The Kier molecular flexibility index (Phi) is 7.01. The molecule has 0 radical (unpaired) electrons. The number of rotatable bonds is 7. The van der Waals surface area contributed by atoms with Gasteiger partial charge in [0.05, 0.1) is 25.4 Å². The number of hydrogen-bond donors (Lipinski definition) is 2. The molecule has 1 aliphatic carbocycles. The maximum Gasteiger partial charge on any atom is 0.0645 e. The molecule has 1 fully saturated rings. The van der Waals surface area contributed by atoms with E-state index < -0.39 is 0 Å². The molecule has 0 aliphatic heterocycles. The highest BCUT2D eigenvalue weighted by Gasteiger charge is 2.21. The molecule has 3 heteroatoms. The smallest absolute Gasteiger partial charge is 0.0645 e. The Hall–Kier alpha value is -0.120. The lowest BCUT2D eigenvalue weighted by Gasteiger charge is -2.29. The van der Waals surface area contributed by atoms with E-state index in [0.29, 0.717) is 12.7 Å².